The monoisotopic (exact) mass is 428 g/mol. The first-order chi connectivity index (χ1) is 14.9. The SMILES string of the molecule is C=C(C)N1CCC(NC2CCCCC2)=C(C(=N)N2CCCc3ccc(C(F)F)cc32)C1. The van der Waals surface area contributed by atoms with E-state index in [4.69, 9.17) is 5.41 Å². The molecule has 2 aliphatic heterocycles. The number of alkyl halides is 2. The summed E-state index contributed by atoms with van der Waals surface area (Å²) >= 11 is 0. The van der Waals surface area contributed by atoms with E-state index in [0.717, 1.165) is 54.0 Å². The van der Waals surface area contributed by atoms with Gasteiger partial charge in [0.15, 0.2) is 0 Å². The molecule has 1 aromatic carbocycles. The molecule has 0 radical (unpaired) electrons. The summed E-state index contributed by atoms with van der Waals surface area (Å²) in [6.45, 7) is 8.34. The van der Waals surface area contributed by atoms with Crippen LogP contribution in [0, 0.1) is 5.41 Å². The minimum Gasteiger partial charge on any atom is -0.385 e. The molecule has 4 nitrogen and oxygen atoms in total. The summed E-state index contributed by atoms with van der Waals surface area (Å²) in [4.78, 5) is 4.17. The fourth-order valence-corrected chi connectivity index (χ4v) is 5.08. The Bertz CT molecular complexity index is 870. The van der Waals surface area contributed by atoms with Gasteiger partial charge >= 0.3 is 0 Å². The first kappa shape index (κ1) is 21.8. The second kappa shape index (κ2) is 9.41. The van der Waals surface area contributed by atoms with Crippen LogP contribution in [0.25, 0.3) is 0 Å². The van der Waals surface area contributed by atoms with E-state index >= 15 is 0 Å². The van der Waals surface area contributed by atoms with Gasteiger partial charge in [0, 0.05) is 60.3 Å². The van der Waals surface area contributed by atoms with E-state index < -0.39 is 6.43 Å². The Balaban J connectivity index is 1.66. The normalized spacial score (nSPS) is 20.1. The Kier molecular flexibility index (Phi) is 6.63. The third-order valence-corrected chi connectivity index (χ3v) is 6.90. The van der Waals surface area contributed by atoms with Gasteiger partial charge in [0.25, 0.3) is 6.43 Å². The van der Waals surface area contributed by atoms with Crippen LogP contribution >= 0.6 is 0 Å². The van der Waals surface area contributed by atoms with Crippen LogP contribution in [-0.2, 0) is 6.42 Å². The van der Waals surface area contributed by atoms with Crippen molar-refractivity contribution < 1.29 is 8.78 Å². The number of benzene rings is 1. The van der Waals surface area contributed by atoms with Crippen molar-refractivity contribution in [3.05, 3.63) is 52.9 Å². The highest BCUT2D eigenvalue weighted by Gasteiger charge is 2.29. The summed E-state index contributed by atoms with van der Waals surface area (Å²) in [5.74, 6) is 0.441. The molecule has 1 aliphatic carbocycles. The highest BCUT2D eigenvalue weighted by Crippen LogP contribution is 2.34. The number of amidine groups is 1. The van der Waals surface area contributed by atoms with Crippen LogP contribution < -0.4 is 10.2 Å². The quantitative estimate of drug-likeness (QED) is 0.462. The maximum atomic E-state index is 13.4. The number of allylic oxidation sites excluding steroid dienone is 1. The first-order valence-electron chi connectivity index (χ1n) is 11.6. The molecule has 168 valence electrons. The van der Waals surface area contributed by atoms with Gasteiger partial charge < -0.3 is 15.1 Å². The summed E-state index contributed by atoms with van der Waals surface area (Å²) in [6, 6.07) is 5.39. The standard InChI is InChI=1S/C25H34F2N4/c1-17(2)30-14-12-22(29-20-8-4-3-5-9-20)21(16-30)25(28)31-13-6-7-18-10-11-19(24(26)27)15-23(18)31/h10-11,15,20,24,28-29H,1,3-9,12-14,16H2,2H3. The van der Waals surface area contributed by atoms with Gasteiger partial charge in [0.2, 0.25) is 0 Å². The number of nitrogens with zero attached hydrogens (tertiary/aromatic N) is 2. The molecule has 31 heavy (non-hydrogen) atoms. The molecule has 2 heterocycles. The number of anilines is 1. The summed E-state index contributed by atoms with van der Waals surface area (Å²) < 4.78 is 26.7. The molecule has 0 unspecified atom stereocenters. The topological polar surface area (TPSA) is 42.4 Å². The number of rotatable bonds is 5. The molecule has 2 N–H and O–H groups in total. The van der Waals surface area contributed by atoms with Crippen LogP contribution in [0.1, 0.15) is 69.4 Å². The summed E-state index contributed by atoms with van der Waals surface area (Å²) in [5, 5.41) is 12.9. The molecule has 4 rings (SSSR count). The molecule has 1 aromatic rings. The van der Waals surface area contributed by atoms with Crippen molar-refractivity contribution in [3.63, 3.8) is 0 Å². The second-order valence-corrected chi connectivity index (χ2v) is 9.14. The number of halogens is 2. The largest absolute Gasteiger partial charge is 0.385 e. The minimum atomic E-state index is -2.50. The minimum absolute atomic E-state index is 0.0280. The van der Waals surface area contributed by atoms with Crippen LogP contribution in [0.2, 0.25) is 0 Å². The van der Waals surface area contributed by atoms with Gasteiger partial charge in [-0.25, -0.2) is 8.78 Å². The Morgan fingerprint density at radius 1 is 1.13 bits per heavy atom. The molecule has 1 fully saturated rings. The lowest BCUT2D eigenvalue weighted by atomic mass is 9.93. The number of hydrogen-bond acceptors (Lipinski definition) is 3. The highest BCUT2D eigenvalue weighted by molar-refractivity contribution is 6.09. The average molecular weight is 429 g/mol. The Morgan fingerprint density at radius 2 is 1.90 bits per heavy atom. The van der Waals surface area contributed by atoms with E-state index in [1.807, 2.05) is 17.9 Å². The van der Waals surface area contributed by atoms with Crippen molar-refractivity contribution in [3.8, 4) is 0 Å². The molecule has 0 saturated heterocycles. The van der Waals surface area contributed by atoms with Crippen LogP contribution in [0.15, 0.2) is 41.7 Å². The summed E-state index contributed by atoms with van der Waals surface area (Å²) in [7, 11) is 0. The predicted molar refractivity (Wildman–Crippen MR) is 123 cm³/mol. The molecule has 0 bridgehead atoms. The zero-order valence-corrected chi connectivity index (χ0v) is 18.5. The third kappa shape index (κ3) is 4.78. The van der Waals surface area contributed by atoms with Crippen molar-refractivity contribution in [1.82, 2.24) is 10.2 Å². The number of fused-ring (bicyclic) bond motifs is 1. The van der Waals surface area contributed by atoms with E-state index in [-0.39, 0.29) is 5.56 Å². The molecule has 6 heteroatoms. The second-order valence-electron chi connectivity index (χ2n) is 9.14. The number of nitrogens with one attached hydrogen (secondary N) is 2. The Labute approximate surface area is 184 Å². The fraction of sp³-hybridized carbons (Fsp3) is 0.560. The lowest BCUT2D eigenvalue weighted by Gasteiger charge is -2.39. The van der Waals surface area contributed by atoms with Gasteiger partial charge in [-0.05, 0) is 44.2 Å². The fourth-order valence-electron chi connectivity index (χ4n) is 5.08. The summed E-state index contributed by atoms with van der Waals surface area (Å²) in [6.07, 6.45) is 6.33. The molecule has 0 atom stereocenters. The lowest BCUT2D eigenvalue weighted by molar-refractivity contribution is 0.151. The number of aryl methyl sites for hydroxylation is 1. The first-order valence-corrected chi connectivity index (χ1v) is 11.6. The van der Waals surface area contributed by atoms with E-state index in [9.17, 15) is 8.78 Å². The maximum Gasteiger partial charge on any atom is 0.263 e. The van der Waals surface area contributed by atoms with E-state index in [1.54, 1.807) is 6.07 Å². The molecule has 1 saturated carbocycles. The van der Waals surface area contributed by atoms with Crippen molar-refractivity contribution >= 4 is 11.5 Å². The molecular formula is C25H34F2N4. The highest BCUT2D eigenvalue weighted by atomic mass is 19.3. The van der Waals surface area contributed by atoms with E-state index in [2.05, 4.69) is 16.8 Å². The Hall–Kier alpha value is -2.37. The van der Waals surface area contributed by atoms with Crippen molar-refractivity contribution in [2.45, 2.75) is 70.8 Å². The molecule has 0 aromatic heterocycles. The molecule has 3 aliphatic rings. The lowest BCUT2D eigenvalue weighted by Crippen LogP contribution is -2.44. The van der Waals surface area contributed by atoms with Crippen molar-refractivity contribution in [2.75, 3.05) is 24.5 Å². The van der Waals surface area contributed by atoms with Gasteiger partial charge in [0.1, 0.15) is 5.84 Å². The van der Waals surface area contributed by atoms with Gasteiger partial charge in [-0.15, -0.1) is 0 Å². The van der Waals surface area contributed by atoms with Gasteiger partial charge in [0.05, 0.1) is 0 Å². The van der Waals surface area contributed by atoms with Crippen molar-refractivity contribution in [1.29, 1.82) is 5.41 Å². The Morgan fingerprint density at radius 3 is 2.61 bits per heavy atom. The number of hydrogen-bond donors (Lipinski definition) is 2. The predicted octanol–water partition coefficient (Wildman–Crippen LogP) is 5.77. The molecule has 0 spiro atoms. The van der Waals surface area contributed by atoms with E-state index in [0.29, 0.717) is 25.0 Å². The zero-order chi connectivity index (χ0) is 22.0. The van der Waals surface area contributed by atoms with E-state index in [1.165, 1.54) is 38.2 Å². The smallest absolute Gasteiger partial charge is 0.263 e. The average Bonchev–Trinajstić information content (AvgIpc) is 2.78. The van der Waals surface area contributed by atoms with Crippen LogP contribution in [-0.4, -0.2) is 36.4 Å². The van der Waals surface area contributed by atoms with Crippen LogP contribution in [0.5, 0.6) is 0 Å². The van der Waals surface area contributed by atoms with Crippen LogP contribution in [0.4, 0.5) is 14.5 Å². The van der Waals surface area contributed by atoms with Gasteiger partial charge in [-0.3, -0.25) is 5.41 Å². The van der Waals surface area contributed by atoms with Crippen LogP contribution in [0.3, 0.4) is 0 Å². The maximum absolute atomic E-state index is 13.4. The zero-order valence-electron chi connectivity index (χ0n) is 18.5. The summed E-state index contributed by atoms with van der Waals surface area (Å²) in [5.41, 5.74) is 4.99. The third-order valence-electron chi connectivity index (χ3n) is 6.90. The molecular weight excluding hydrogens is 394 g/mol. The van der Waals surface area contributed by atoms with Crippen molar-refractivity contribution in [2.24, 2.45) is 0 Å². The van der Waals surface area contributed by atoms with Gasteiger partial charge in [-0.1, -0.05) is 38.0 Å². The van der Waals surface area contributed by atoms with Gasteiger partial charge in [-0.2, -0.15) is 0 Å². The molecule has 0 amide bonds.